The fourth-order valence-electron chi connectivity index (χ4n) is 2.44. The molecule has 2 aromatic rings. The quantitative estimate of drug-likeness (QED) is 0.874. The maximum Gasteiger partial charge on any atom is 0.126 e. The van der Waals surface area contributed by atoms with E-state index in [1.165, 1.54) is 11.6 Å². The predicted molar refractivity (Wildman–Crippen MR) is 85.7 cm³/mol. The SMILES string of the molecule is Cc1cc(CNCC(c2ccccc2)N(C)C)ccc1F. The first-order chi connectivity index (χ1) is 10.1. The van der Waals surface area contributed by atoms with Crippen molar-refractivity contribution < 1.29 is 4.39 Å². The number of nitrogens with zero attached hydrogens (tertiary/aromatic N) is 1. The van der Waals surface area contributed by atoms with Gasteiger partial charge in [-0.15, -0.1) is 0 Å². The zero-order valence-corrected chi connectivity index (χ0v) is 12.9. The number of hydrogen-bond acceptors (Lipinski definition) is 2. The minimum Gasteiger partial charge on any atom is -0.311 e. The van der Waals surface area contributed by atoms with Gasteiger partial charge in [-0.05, 0) is 43.8 Å². The second kappa shape index (κ2) is 7.34. The summed E-state index contributed by atoms with van der Waals surface area (Å²) in [5, 5.41) is 3.46. The van der Waals surface area contributed by atoms with Crippen LogP contribution in [0.2, 0.25) is 0 Å². The van der Waals surface area contributed by atoms with Crippen LogP contribution in [0.15, 0.2) is 48.5 Å². The Morgan fingerprint density at radius 2 is 1.81 bits per heavy atom. The lowest BCUT2D eigenvalue weighted by atomic mass is 10.1. The minimum absolute atomic E-state index is 0.144. The zero-order chi connectivity index (χ0) is 15.2. The Hall–Kier alpha value is -1.71. The highest BCUT2D eigenvalue weighted by molar-refractivity contribution is 5.24. The maximum atomic E-state index is 13.2. The van der Waals surface area contributed by atoms with E-state index in [4.69, 9.17) is 0 Å². The number of nitrogens with one attached hydrogen (secondary N) is 1. The molecule has 0 aliphatic heterocycles. The van der Waals surface area contributed by atoms with Gasteiger partial charge >= 0.3 is 0 Å². The Bertz CT molecular complexity index is 567. The van der Waals surface area contributed by atoms with Crippen LogP contribution in [0.5, 0.6) is 0 Å². The molecule has 112 valence electrons. The second-order valence-electron chi connectivity index (χ2n) is 5.60. The molecule has 0 aromatic heterocycles. The third-order valence-corrected chi connectivity index (χ3v) is 3.70. The Kier molecular flexibility index (Phi) is 5.48. The zero-order valence-electron chi connectivity index (χ0n) is 12.9. The van der Waals surface area contributed by atoms with Crippen molar-refractivity contribution in [3.05, 3.63) is 71.0 Å². The lowest BCUT2D eigenvalue weighted by molar-refractivity contribution is 0.288. The Labute approximate surface area is 126 Å². The van der Waals surface area contributed by atoms with Crippen LogP contribution in [0.25, 0.3) is 0 Å². The molecule has 0 aliphatic carbocycles. The van der Waals surface area contributed by atoms with E-state index in [2.05, 4.69) is 48.6 Å². The molecular weight excluding hydrogens is 263 g/mol. The van der Waals surface area contributed by atoms with Gasteiger partial charge in [0.25, 0.3) is 0 Å². The molecular formula is C18H23FN2. The minimum atomic E-state index is -0.144. The molecule has 2 rings (SSSR count). The van der Waals surface area contributed by atoms with Gasteiger partial charge in [0, 0.05) is 19.1 Å². The molecule has 0 radical (unpaired) electrons. The number of likely N-dealkylation sites (N-methyl/N-ethyl adjacent to an activating group) is 1. The predicted octanol–water partition coefficient (Wildman–Crippen LogP) is 3.53. The molecule has 2 aromatic carbocycles. The van der Waals surface area contributed by atoms with Crippen molar-refractivity contribution in [1.82, 2.24) is 10.2 Å². The molecule has 0 spiro atoms. The van der Waals surface area contributed by atoms with E-state index in [-0.39, 0.29) is 5.82 Å². The van der Waals surface area contributed by atoms with E-state index < -0.39 is 0 Å². The summed E-state index contributed by atoms with van der Waals surface area (Å²) in [7, 11) is 4.17. The summed E-state index contributed by atoms with van der Waals surface area (Å²) >= 11 is 0. The molecule has 2 nitrogen and oxygen atoms in total. The topological polar surface area (TPSA) is 15.3 Å². The van der Waals surface area contributed by atoms with E-state index in [1.807, 2.05) is 18.2 Å². The summed E-state index contributed by atoms with van der Waals surface area (Å²) in [6, 6.07) is 16.1. The van der Waals surface area contributed by atoms with Gasteiger partial charge in [0.1, 0.15) is 5.82 Å². The lowest BCUT2D eigenvalue weighted by Crippen LogP contribution is -2.30. The van der Waals surface area contributed by atoms with Crippen LogP contribution < -0.4 is 5.32 Å². The van der Waals surface area contributed by atoms with Crippen LogP contribution in [0.1, 0.15) is 22.7 Å². The van der Waals surface area contributed by atoms with Crippen molar-refractivity contribution >= 4 is 0 Å². The van der Waals surface area contributed by atoms with E-state index in [1.54, 1.807) is 6.92 Å². The normalized spacial score (nSPS) is 12.6. The second-order valence-corrected chi connectivity index (χ2v) is 5.60. The van der Waals surface area contributed by atoms with Crippen LogP contribution >= 0.6 is 0 Å². The highest BCUT2D eigenvalue weighted by atomic mass is 19.1. The Morgan fingerprint density at radius 3 is 2.43 bits per heavy atom. The molecule has 0 fully saturated rings. The third-order valence-electron chi connectivity index (χ3n) is 3.70. The van der Waals surface area contributed by atoms with Crippen molar-refractivity contribution in [2.45, 2.75) is 19.5 Å². The summed E-state index contributed by atoms with van der Waals surface area (Å²) in [5.41, 5.74) is 3.10. The van der Waals surface area contributed by atoms with Gasteiger partial charge in [-0.25, -0.2) is 4.39 Å². The van der Waals surface area contributed by atoms with Crippen molar-refractivity contribution in [2.75, 3.05) is 20.6 Å². The maximum absolute atomic E-state index is 13.2. The average Bonchev–Trinajstić information content (AvgIpc) is 2.48. The fourth-order valence-corrected chi connectivity index (χ4v) is 2.44. The van der Waals surface area contributed by atoms with Gasteiger partial charge < -0.3 is 10.2 Å². The summed E-state index contributed by atoms with van der Waals surface area (Å²) in [4.78, 5) is 2.21. The summed E-state index contributed by atoms with van der Waals surface area (Å²) in [5.74, 6) is -0.144. The van der Waals surface area contributed by atoms with Crippen molar-refractivity contribution in [1.29, 1.82) is 0 Å². The molecule has 0 amide bonds. The Morgan fingerprint density at radius 1 is 1.10 bits per heavy atom. The van der Waals surface area contributed by atoms with Crippen LogP contribution in [0.4, 0.5) is 4.39 Å². The third kappa shape index (κ3) is 4.38. The van der Waals surface area contributed by atoms with Crippen LogP contribution in [-0.4, -0.2) is 25.5 Å². The fraction of sp³-hybridized carbons (Fsp3) is 0.333. The van der Waals surface area contributed by atoms with Gasteiger partial charge in [0.05, 0.1) is 0 Å². The number of halogens is 1. The number of hydrogen-bond donors (Lipinski definition) is 1. The first-order valence-corrected chi connectivity index (χ1v) is 7.25. The summed E-state index contributed by atoms with van der Waals surface area (Å²) in [6.07, 6.45) is 0. The number of rotatable bonds is 6. The van der Waals surface area contributed by atoms with Gasteiger partial charge in [-0.2, -0.15) is 0 Å². The lowest BCUT2D eigenvalue weighted by Gasteiger charge is -2.25. The van der Waals surface area contributed by atoms with Gasteiger partial charge in [0.15, 0.2) is 0 Å². The van der Waals surface area contributed by atoms with Crippen LogP contribution in [-0.2, 0) is 6.54 Å². The van der Waals surface area contributed by atoms with Crippen molar-refractivity contribution in [3.8, 4) is 0 Å². The van der Waals surface area contributed by atoms with E-state index in [9.17, 15) is 4.39 Å². The molecule has 0 saturated heterocycles. The molecule has 3 heteroatoms. The highest BCUT2D eigenvalue weighted by Crippen LogP contribution is 2.17. The molecule has 0 heterocycles. The van der Waals surface area contributed by atoms with Gasteiger partial charge in [-0.3, -0.25) is 0 Å². The standard InChI is InChI=1S/C18H23FN2/c1-14-11-15(9-10-17(14)19)12-20-13-18(21(2)3)16-7-5-4-6-8-16/h4-11,18,20H,12-13H2,1-3H3. The molecule has 21 heavy (non-hydrogen) atoms. The molecule has 0 bridgehead atoms. The largest absolute Gasteiger partial charge is 0.311 e. The van der Waals surface area contributed by atoms with Crippen molar-refractivity contribution in [3.63, 3.8) is 0 Å². The monoisotopic (exact) mass is 286 g/mol. The highest BCUT2D eigenvalue weighted by Gasteiger charge is 2.13. The first kappa shape index (κ1) is 15.7. The Balaban J connectivity index is 1.95. The number of benzene rings is 2. The first-order valence-electron chi connectivity index (χ1n) is 7.25. The van der Waals surface area contributed by atoms with E-state index in [0.717, 1.165) is 18.7 Å². The smallest absolute Gasteiger partial charge is 0.126 e. The van der Waals surface area contributed by atoms with Crippen molar-refractivity contribution in [2.24, 2.45) is 0 Å². The molecule has 1 atom stereocenters. The number of aryl methyl sites for hydroxylation is 1. The van der Waals surface area contributed by atoms with E-state index >= 15 is 0 Å². The van der Waals surface area contributed by atoms with E-state index in [0.29, 0.717) is 11.6 Å². The molecule has 1 unspecified atom stereocenters. The average molecular weight is 286 g/mol. The summed E-state index contributed by atoms with van der Waals surface area (Å²) < 4.78 is 13.2. The van der Waals surface area contributed by atoms with Gasteiger partial charge in [0.2, 0.25) is 0 Å². The van der Waals surface area contributed by atoms with Crippen LogP contribution in [0, 0.1) is 12.7 Å². The van der Waals surface area contributed by atoms with Gasteiger partial charge in [-0.1, -0.05) is 42.5 Å². The van der Waals surface area contributed by atoms with Crippen LogP contribution in [0.3, 0.4) is 0 Å². The summed E-state index contributed by atoms with van der Waals surface area (Å²) in [6.45, 7) is 3.40. The molecule has 0 aliphatic rings. The molecule has 0 saturated carbocycles. The molecule has 1 N–H and O–H groups in total.